The van der Waals surface area contributed by atoms with Gasteiger partial charge in [0.15, 0.2) is 0 Å². The maximum absolute atomic E-state index is 12.7. The van der Waals surface area contributed by atoms with Crippen molar-refractivity contribution in [3.05, 3.63) is 59.4 Å². The molecule has 1 atom stereocenters. The van der Waals surface area contributed by atoms with Crippen LogP contribution in [0.2, 0.25) is 0 Å². The van der Waals surface area contributed by atoms with Gasteiger partial charge in [0.1, 0.15) is 5.82 Å². The van der Waals surface area contributed by atoms with Gasteiger partial charge >= 0.3 is 0 Å². The van der Waals surface area contributed by atoms with E-state index >= 15 is 0 Å². The molecule has 2 N–H and O–H groups in total. The third kappa shape index (κ3) is 3.07. The number of aromatic nitrogens is 2. The van der Waals surface area contributed by atoms with Gasteiger partial charge in [0.2, 0.25) is 0 Å². The predicted molar refractivity (Wildman–Crippen MR) is 63.8 cm³/mol. The first-order valence-electron chi connectivity index (χ1n) is 5.44. The maximum Gasteiger partial charge on any atom is 0.123 e. The van der Waals surface area contributed by atoms with Gasteiger partial charge in [-0.25, -0.2) is 4.39 Å². The highest BCUT2D eigenvalue weighted by molar-refractivity contribution is 5.19. The van der Waals surface area contributed by atoms with Crippen molar-refractivity contribution >= 4 is 0 Å². The summed E-state index contributed by atoms with van der Waals surface area (Å²) in [4.78, 5) is 8.38. The topological polar surface area (TPSA) is 51.8 Å². The number of nitrogens with zero attached hydrogens (tertiary/aromatic N) is 2. The monoisotopic (exact) mass is 231 g/mol. The Kier molecular flexibility index (Phi) is 3.44. The molecule has 0 bridgehead atoms. The molecule has 1 heterocycles. The molecule has 0 fully saturated rings. The molecule has 0 aliphatic rings. The van der Waals surface area contributed by atoms with Gasteiger partial charge in [-0.15, -0.1) is 0 Å². The van der Waals surface area contributed by atoms with Crippen LogP contribution < -0.4 is 5.73 Å². The predicted octanol–water partition coefficient (Wildman–Crippen LogP) is 2.17. The van der Waals surface area contributed by atoms with Crippen molar-refractivity contribution in [1.82, 2.24) is 9.97 Å². The molecule has 1 unspecified atom stereocenters. The molecule has 0 saturated heterocycles. The minimum absolute atomic E-state index is 0.214. The standard InChI is InChI=1S/C13H14FN3/c1-9-7-17-13(8-16-9)12(15)6-10-2-4-11(14)5-3-10/h2-5,7-8,12H,6,15H2,1H3. The van der Waals surface area contributed by atoms with Crippen molar-refractivity contribution in [2.45, 2.75) is 19.4 Å². The van der Waals surface area contributed by atoms with Crippen molar-refractivity contribution in [3.8, 4) is 0 Å². The third-order valence-electron chi connectivity index (χ3n) is 2.55. The molecule has 0 aliphatic carbocycles. The first kappa shape index (κ1) is 11.7. The molecule has 0 aliphatic heterocycles. The fourth-order valence-electron chi connectivity index (χ4n) is 1.57. The summed E-state index contributed by atoms with van der Waals surface area (Å²) in [5.74, 6) is -0.238. The zero-order chi connectivity index (χ0) is 12.3. The Morgan fingerprint density at radius 3 is 2.47 bits per heavy atom. The Morgan fingerprint density at radius 1 is 1.18 bits per heavy atom. The van der Waals surface area contributed by atoms with Crippen LogP contribution in [0.15, 0.2) is 36.7 Å². The number of aryl methyl sites for hydroxylation is 1. The van der Waals surface area contributed by atoms with Crippen molar-refractivity contribution in [3.63, 3.8) is 0 Å². The molecule has 3 nitrogen and oxygen atoms in total. The van der Waals surface area contributed by atoms with Crippen molar-refractivity contribution in [1.29, 1.82) is 0 Å². The second kappa shape index (κ2) is 5.01. The number of hydrogen-bond donors (Lipinski definition) is 1. The summed E-state index contributed by atoms with van der Waals surface area (Å²) < 4.78 is 12.7. The van der Waals surface area contributed by atoms with Crippen molar-refractivity contribution < 1.29 is 4.39 Å². The van der Waals surface area contributed by atoms with Crippen molar-refractivity contribution in [2.24, 2.45) is 5.73 Å². The lowest BCUT2D eigenvalue weighted by Crippen LogP contribution is -2.15. The van der Waals surface area contributed by atoms with E-state index in [-0.39, 0.29) is 11.9 Å². The second-order valence-electron chi connectivity index (χ2n) is 4.02. The molecular formula is C13H14FN3. The lowest BCUT2D eigenvalue weighted by atomic mass is 10.0. The summed E-state index contributed by atoms with van der Waals surface area (Å²) in [6.45, 7) is 1.88. The van der Waals surface area contributed by atoms with E-state index in [0.29, 0.717) is 6.42 Å². The quantitative estimate of drug-likeness (QED) is 0.880. The highest BCUT2D eigenvalue weighted by atomic mass is 19.1. The first-order chi connectivity index (χ1) is 8.15. The van der Waals surface area contributed by atoms with E-state index in [2.05, 4.69) is 9.97 Å². The number of benzene rings is 1. The van der Waals surface area contributed by atoms with E-state index in [1.165, 1.54) is 12.1 Å². The van der Waals surface area contributed by atoms with E-state index in [1.807, 2.05) is 6.92 Å². The molecule has 1 aromatic heterocycles. The lowest BCUT2D eigenvalue weighted by Gasteiger charge is -2.10. The van der Waals surface area contributed by atoms with Crippen LogP contribution in [0, 0.1) is 12.7 Å². The molecule has 2 rings (SSSR count). The normalized spacial score (nSPS) is 12.4. The molecule has 88 valence electrons. The van der Waals surface area contributed by atoms with Gasteiger partial charge < -0.3 is 5.73 Å². The molecule has 0 amide bonds. The van der Waals surface area contributed by atoms with Gasteiger partial charge in [-0.1, -0.05) is 12.1 Å². The molecule has 1 aromatic carbocycles. The van der Waals surface area contributed by atoms with E-state index in [1.54, 1.807) is 24.5 Å². The number of rotatable bonds is 3. The van der Waals surface area contributed by atoms with Crippen LogP contribution in [0.4, 0.5) is 4.39 Å². The Labute approximate surface area is 99.5 Å². The summed E-state index contributed by atoms with van der Waals surface area (Å²) in [5, 5.41) is 0. The largest absolute Gasteiger partial charge is 0.322 e. The van der Waals surface area contributed by atoms with Crippen molar-refractivity contribution in [2.75, 3.05) is 0 Å². The molecule has 17 heavy (non-hydrogen) atoms. The minimum atomic E-state index is -0.238. The first-order valence-corrected chi connectivity index (χ1v) is 5.44. The van der Waals surface area contributed by atoms with Crippen LogP contribution in [0.3, 0.4) is 0 Å². The molecular weight excluding hydrogens is 217 g/mol. The molecule has 4 heteroatoms. The summed E-state index contributed by atoms with van der Waals surface area (Å²) >= 11 is 0. The van der Waals surface area contributed by atoms with Crippen LogP contribution >= 0.6 is 0 Å². The number of nitrogens with two attached hydrogens (primary N) is 1. The Morgan fingerprint density at radius 2 is 1.88 bits per heavy atom. The average Bonchev–Trinajstić information content (AvgIpc) is 2.33. The second-order valence-corrected chi connectivity index (χ2v) is 4.02. The summed E-state index contributed by atoms with van der Waals surface area (Å²) in [5.41, 5.74) is 8.62. The minimum Gasteiger partial charge on any atom is -0.322 e. The van der Waals surface area contributed by atoms with Gasteiger partial charge in [0.05, 0.1) is 23.6 Å². The maximum atomic E-state index is 12.7. The summed E-state index contributed by atoms with van der Waals surface area (Å²) in [7, 11) is 0. The zero-order valence-electron chi connectivity index (χ0n) is 9.60. The molecule has 2 aromatic rings. The van der Waals surface area contributed by atoms with Crippen LogP contribution in [0.1, 0.15) is 23.0 Å². The SMILES string of the molecule is Cc1cnc(C(N)Cc2ccc(F)cc2)cn1. The van der Waals surface area contributed by atoms with E-state index < -0.39 is 0 Å². The summed E-state index contributed by atoms with van der Waals surface area (Å²) in [6, 6.07) is 6.12. The van der Waals surface area contributed by atoms with E-state index in [0.717, 1.165) is 17.0 Å². The highest BCUT2D eigenvalue weighted by Crippen LogP contribution is 2.13. The van der Waals surface area contributed by atoms with Gasteiger partial charge in [-0.2, -0.15) is 0 Å². The molecule has 0 spiro atoms. The third-order valence-corrected chi connectivity index (χ3v) is 2.55. The Hall–Kier alpha value is -1.81. The average molecular weight is 231 g/mol. The summed E-state index contributed by atoms with van der Waals surface area (Å²) in [6.07, 6.45) is 4.00. The van der Waals surface area contributed by atoms with Crippen LogP contribution in [-0.4, -0.2) is 9.97 Å². The Balaban J connectivity index is 2.08. The van der Waals surface area contributed by atoms with Crippen LogP contribution in [0.5, 0.6) is 0 Å². The zero-order valence-corrected chi connectivity index (χ0v) is 9.60. The number of hydrogen-bond acceptors (Lipinski definition) is 3. The van der Waals surface area contributed by atoms with Gasteiger partial charge in [-0.05, 0) is 31.0 Å². The van der Waals surface area contributed by atoms with Gasteiger partial charge in [-0.3, -0.25) is 9.97 Å². The fourth-order valence-corrected chi connectivity index (χ4v) is 1.57. The number of halogens is 1. The van der Waals surface area contributed by atoms with E-state index in [4.69, 9.17) is 5.73 Å². The fraction of sp³-hybridized carbons (Fsp3) is 0.231. The van der Waals surface area contributed by atoms with Gasteiger partial charge in [0, 0.05) is 6.20 Å². The molecule has 0 saturated carbocycles. The lowest BCUT2D eigenvalue weighted by molar-refractivity contribution is 0.625. The van der Waals surface area contributed by atoms with E-state index in [9.17, 15) is 4.39 Å². The highest BCUT2D eigenvalue weighted by Gasteiger charge is 2.08. The van der Waals surface area contributed by atoms with Crippen LogP contribution in [-0.2, 0) is 6.42 Å². The smallest absolute Gasteiger partial charge is 0.123 e. The molecule has 0 radical (unpaired) electrons. The van der Waals surface area contributed by atoms with Gasteiger partial charge in [0.25, 0.3) is 0 Å². The van der Waals surface area contributed by atoms with Crippen LogP contribution in [0.25, 0.3) is 0 Å². The Bertz CT molecular complexity index is 479.